The van der Waals surface area contributed by atoms with Crippen molar-refractivity contribution < 1.29 is 19.1 Å². The molecule has 1 N–H and O–H groups in total. The molecule has 2 heterocycles. The molecule has 0 radical (unpaired) electrons. The second-order valence-corrected chi connectivity index (χ2v) is 10.0. The number of imidazole rings is 1. The summed E-state index contributed by atoms with van der Waals surface area (Å²) in [5.41, 5.74) is 2.60. The predicted octanol–water partition coefficient (Wildman–Crippen LogP) is 4.79. The van der Waals surface area contributed by atoms with Crippen LogP contribution in [0.15, 0.2) is 67.0 Å². The molecular formula is C26H25N3O4S. The van der Waals surface area contributed by atoms with Crippen LogP contribution in [0.3, 0.4) is 0 Å². The second-order valence-electron chi connectivity index (χ2n) is 8.85. The Hall–Kier alpha value is -3.78. The van der Waals surface area contributed by atoms with Gasteiger partial charge in [-0.15, -0.1) is 11.3 Å². The Labute approximate surface area is 201 Å². The van der Waals surface area contributed by atoms with Gasteiger partial charge in [0, 0.05) is 16.0 Å². The van der Waals surface area contributed by atoms with Gasteiger partial charge in [0.05, 0.1) is 28.0 Å². The smallest absolute Gasteiger partial charge is 0.338 e. The van der Waals surface area contributed by atoms with Crippen molar-refractivity contribution in [3.8, 4) is 5.69 Å². The minimum atomic E-state index is -0.565. The van der Waals surface area contributed by atoms with Gasteiger partial charge in [0.2, 0.25) is 11.7 Å². The third-order valence-corrected chi connectivity index (χ3v) is 6.34. The van der Waals surface area contributed by atoms with Crippen LogP contribution in [-0.4, -0.2) is 33.8 Å². The number of ketones is 1. The van der Waals surface area contributed by atoms with E-state index in [1.165, 1.54) is 11.3 Å². The summed E-state index contributed by atoms with van der Waals surface area (Å²) in [5, 5.41) is 2.86. The summed E-state index contributed by atoms with van der Waals surface area (Å²) >= 11 is 1.28. The molecular weight excluding hydrogens is 450 g/mol. The highest BCUT2D eigenvalue weighted by Gasteiger charge is 2.21. The van der Waals surface area contributed by atoms with Crippen molar-refractivity contribution >= 4 is 40.0 Å². The summed E-state index contributed by atoms with van der Waals surface area (Å²) in [7, 11) is 0. The maximum Gasteiger partial charge on any atom is 0.338 e. The Balaban J connectivity index is 1.33. The monoisotopic (exact) mass is 475 g/mol. The summed E-state index contributed by atoms with van der Waals surface area (Å²) < 4.78 is 7.16. The van der Waals surface area contributed by atoms with Crippen LogP contribution >= 0.6 is 11.3 Å². The molecule has 2 aromatic heterocycles. The van der Waals surface area contributed by atoms with Crippen molar-refractivity contribution in [2.24, 2.45) is 5.41 Å². The number of Topliss-reactive ketones (excluding diaryl/α,β-unsaturated/α-hetero) is 1. The number of hydrogen-bond acceptors (Lipinski definition) is 6. The number of hydrogen-bond donors (Lipinski definition) is 1. The van der Waals surface area contributed by atoms with E-state index in [0.717, 1.165) is 21.6 Å². The van der Waals surface area contributed by atoms with E-state index < -0.39 is 11.4 Å². The first-order chi connectivity index (χ1) is 16.2. The van der Waals surface area contributed by atoms with Crippen LogP contribution in [0, 0.1) is 5.41 Å². The van der Waals surface area contributed by atoms with Gasteiger partial charge in [-0.3, -0.25) is 14.2 Å². The molecule has 0 saturated heterocycles. The maximum absolute atomic E-state index is 12.5. The number of para-hydroxylation sites is 2. The fraction of sp³-hybridized carbons (Fsp3) is 0.231. The normalized spacial score (nSPS) is 11.4. The molecule has 1 amide bonds. The van der Waals surface area contributed by atoms with E-state index in [1.807, 2.05) is 61.7 Å². The Morgan fingerprint density at radius 3 is 2.47 bits per heavy atom. The predicted molar refractivity (Wildman–Crippen MR) is 131 cm³/mol. The zero-order chi connectivity index (χ0) is 24.3. The number of carbonyl (C=O) groups excluding carboxylic acids is 3. The summed E-state index contributed by atoms with van der Waals surface area (Å²) in [6.07, 6.45) is 1.74. The number of ether oxygens (including phenoxy) is 1. The molecule has 0 fully saturated rings. The zero-order valence-electron chi connectivity index (χ0n) is 19.2. The van der Waals surface area contributed by atoms with E-state index in [9.17, 15) is 14.4 Å². The standard InChI is InChI=1S/C26H25N3O4S/c1-26(2,3)25(32)27-14-19-12-13-23(34-19)22(30)15-33-24(31)17-8-10-18(11-9-17)29-16-28-20-6-4-5-7-21(20)29/h4-13,16H,14-15H2,1-3H3,(H,27,32). The molecule has 7 nitrogen and oxygen atoms in total. The lowest BCUT2D eigenvalue weighted by molar-refractivity contribution is -0.128. The van der Waals surface area contributed by atoms with Crippen molar-refractivity contribution in [2.45, 2.75) is 27.3 Å². The topological polar surface area (TPSA) is 90.3 Å². The number of rotatable bonds is 7. The van der Waals surface area contributed by atoms with Crippen LogP contribution < -0.4 is 5.32 Å². The van der Waals surface area contributed by atoms with Crippen molar-refractivity contribution in [3.05, 3.63) is 82.3 Å². The Bertz CT molecular complexity index is 1350. The second kappa shape index (κ2) is 9.61. The van der Waals surface area contributed by atoms with E-state index in [0.29, 0.717) is 17.0 Å². The molecule has 174 valence electrons. The van der Waals surface area contributed by atoms with Gasteiger partial charge in [0.15, 0.2) is 6.61 Å². The molecule has 0 unspecified atom stereocenters. The first-order valence-corrected chi connectivity index (χ1v) is 11.6. The molecule has 0 aliphatic rings. The Morgan fingerprint density at radius 1 is 1.00 bits per heavy atom. The SMILES string of the molecule is CC(C)(C)C(=O)NCc1ccc(C(=O)COC(=O)c2ccc(-n3cnc4ccccc43)cc2)s1. The zero-order valence-corrected chi connectivity index (χ0v) is 20.0. The fourth-order valence-corrected chi connectivity index (χ4v) is 4.14. The van der Waals surface area contributed by atoms with Crippen LogP contribution in [0.25, 0.3) is 16.7 Å². The van der Waals surface area contributed by atoms with E-state index in [4.69, 9.17) is 4.74 Å². The van der Waals surface area contributed by atoms with Gasteiger partial charge in [0.25, 0.3) is 0 Å². The quantitative estimate of drug-likeness (QED) is 0.307. The third kappa shape index (κ3) is 5.23. The summed E-state index contributed by atoms with van der Waals surface area (Å²) in [6.45, 7) is 5.53. The van der Waals surface area contributed by atoms with Crippen LogP contribution in [0.4, 0.5) is 0 Å². The fourth-order valence-electron chi connectivity index (χ4n) is 3.26. The number of aromatic nitrogens is 2. The molecule has 0 saturated carbocycles. The number of carbonyl (C=O) groups is 3. The van der Waals surface area contributed by atoms with Gasteiger partial charge in [-0.25, -0.2) is 9.78 Å². The molecule has 8 heteroatoms. The van der Waals surface area contributed by atoms with Crippen LogP contribution in [0.2, 0.25) is 0 Å². The highest BCUT2D eigenvalue weighted by atomic mass is 32.1. The van der Waals surface area contributed by atoms with Crippen molar-refractivity contribution in [1.29, 1.82) is 0 Å². The number of nitrogens with zero attached hydrogens (tertiary/aromatic N) is 2. The van der Waals surface area contributed by atoms with E-state index in [-0.39, 0.29) is 18.3 Å². The number of nitrogens with one attached hydrogen (secondary N) is 1. The van der Waals surface area contributed by atoms with Crippen LogP contribution in [0.5, 0.6) is 0 Å². The molecule has 0 aliphatic heterocycles. The number of fused-ring (bicyclic) bond motifs is 1. The largest absolute Gasteiger partial charge is 0.454 e. The summed E-state index contributed by atoms with van der Waals surface area (Å²) in [6, 6.07) is 18.2. The first kappa shape index (κ1) is 23.4. The molecule has 2 aromatic carbocycles. The summed E-state index contributed by atoms with van der Waals surface area (Å²) in [5.74, 6) is -0.909. The minimum Gasteiger partial charge on any atom is -0.454 e. The number of thiophene rings is 1. The van der Waals surface area contributed by atoms with E-state index in [2.05, 4.69) is 10.3 Å². The highest BCUT2D eigenvalue weighted by molar-refractivity contribution is 7.14. The van der Waals surface area contributed by atoms with Crippen LogP contribution in [-0.2, 0) is 16.1 Å². The van der Waals surface area contributed by atoms with Crippen molar-refractivity contribution in [3.63, 3.8) is 0 Å². The lowest BCUT2D eigenvalue weighted by Crippen LogP contribution is -2.34. The van der Waals surface area contributed by atoms with Gasteiger partial charge in [0.1, 0.15) is 6.33 Å². The highest BCUT2D eigenvalue weighted by Crippen LogP contribution is 2.20. The Morgan fingerprint density at radius 2 is 1.74 bits per heavy atom. The average Bonchev–Trinajstić information content (AvgIpc) is 3.47. The first-order valence-electron chi connectivity index (χ1n) is 10.8. The van der Waals surface area contributed by atoms with E-state index in [1.54, 1.807) is 30.6 Å². The van der Waals surface area contributed by atoms with Gasteiger partial charge in [-0.1, -0.05) is 32.9 Å². The van der Waals surface area contributed by atoms with Gasteiger partial charge >= 0.3 is 5.97 Å². The van der Waals surface area contributed by atoms with Gasteiger partial charge in [-0.2, -0.15) is 0 Å². The molecule has 0 bridgehead atoms. The van der Waals surface area contributed by atoms with Crippen LogP contribution in [0.1, 0.15) is 45.7 Å². The minimum absolute atomic E-state index is 0.0602. The average molecular weight is 476 g/mol. The molecule has 0 spiro atoms. The maximum atomic E-state index is 12.5. The van der Waals surface area contributed by atoms with Crippen molar-refractivity contribution in [2.75, 3.05) is 6.61 Å². The number of esters is 1. The molecule has 0 aliphatic carbocycles. The Kier molecular flexibility index (Phi) is 6.61. The van der Waals surface area contributed by atoms with Gasteiger partial charge < -0.3 is 10.1 Å². The molecule has 4 aromatic rings. The molecule has 34 heavy (non-hydrogen) atoms. The summed E-state index contributed by atoms with van der Waals surface area (Å²) in [4.78, 5) is 42.6. The number of benzene rings is 2. The molecule has 4 rings (SSSR count). The number of amides is 1. The van der Waals surface area contributed by atoms with E-state index >= 15 is 0 Å². The van der Waals surface area contributed by atoms with Gasteiger partial charge in [-0.05, 0) is 48.5 Å². The third-order valence-electron chi connectivity index (χ3n) is 5.21. The lowest BCUT2D eigenvalue weighted by atomic mass is 9.96. The van der Waals surface area contributed by atoms with Crippen molar-refractivity contribution in [1.82, 2.24) is 14.9 Å². The molecule has 0 atom stereocenters. The lowest BCUT2D eigenvalue weighted by Gasteiger charge is -2.17.